The van der Waals surface area contributed by atoms with Gasteiger partial charge in [0, 0.05) is 11.3 Å². The number of nitrogens with zero attached hydrogens (tertiary/aromatic N) is 3. The zero-order chi connectivity index (χ0) is 13.2. The fourth-order valence-corrected chi connectivity index (χ4v) is 1.67. The summed E-state index contributed by atoms with van der Waals surface area (Å²) in [5.41, 5.74) is 7.77. The van der Waals surface area contributed by atoms with Gasteiger partial charge in [0.2, 0.25) is 0 Å². The highest BCUT2D eigenvalue weighted by atomic mass is 16.1. The van der Waals surface area contributed by atoms with E-state index in [9.17, 15) is 4.79 Å². The van der Waals surface area contributed by atoms with E-state index in [2.05, 4.69) is 25.3 Å². The monoisotopic (exact) mass is 254 g/mol. The minimum Gasteiger partial charge on any atom is -0.399 e. The second-order valence-electron chi connectivity index (χ2n) is 3.90. The Hall–Kier alpha value is -2.96. The summed E-state index contributed by atoms with van der Waals surface area (Å²) in [6, 6.07) is 6.63. The third-order valence-corrected chi connectivity index (χ3v) is 2.63. The van der Waals surface area contributed by atoms with Gasteiger partial charge in [0.15, 0.2) is 11.5 Å². The first-order chi connectivity index (χ1) is 9.24. The van der Waals surface area contributed by atoms with Crippen LogP contribution in [0.3, 0.4) is 0 Å². The highest BCUT2D eigenvalue weighted by Crippen LogP contribution is 2.15. The number of aromatic amines is 1. The maximum Gasteiger partial charge on any atom is 0.256 e. The standard InChI is InChI=1S/C12H10N6O/c13-8-3-1-7(2-4-8)12(19)18-11-9-10(15-5-14-9)16-6-17-11/h1-6H,13H2,(H2,14,15,16,17,18,19). The van der Waals surface area contributed by atoms with Crippen LogP contribution in [0.25, 0.3) is 11.2 Å². The predicted octanol–water partition coefficient (Wildman–Crippen LogP) is 1.19. The number of fused-ring (bicyclic) bond motifs is 1. The van der Waals surface area contributed by atoms with Crippen LogP contribution in [0.5, 0.6) is 0 Å². The number of imidazole rings is 1. The predicted molar refractivity (Wildman–Crippen MR) is 70.5 cm³/mol. The van der Waals surface area contributed by atoms with Crippen molar-refractivity contribution in [2.24, 2.45) is 0 Å². The zero-order valence-electron chi connectivity index (χ0n) is 9.79. The van der Waals surface area contributed by atoms with E-state index in [-0.39, 0.29) is 5.91 Å². The van der Waals surface area contributed by atoms with Gasteiger partial charge in [-0.1, -0.05) is 0 Å². The first-order valence-corrected chi connectivity index (χ1v) is 5.55. The van der Waals surface area contributed by atoms with Crippen molar-refractivity contribution in [2.75, 3.05) is 11.1 Å². The van der Waals surface area contributed by atoms with Gasteiger partial charge in [0.25, 0.3) is 5.91 Å². The maximum absolute atomic E-state index is 12.0. The summed E-state index contributed by atoms with van der Waals surface area (Å²) in [6.07, 6.45) is 2.85. The number of carbonyl (C=O) groups excluding carboxylic acids is 1. The van der Waals surface area contributed by atoms with E-state index < -0.39 is 0 Å². The Kier molecular flexibility index (Phi) is 2.57. The summed E-state index contributed by atoms with van der Waals surface area (Å²) in [6.45, 7) is 0. The van der Waals surface area contributed by atoms with Gasteiger partial charge in [-0.05, 0) is 24.3 Å². The van der Waals surface area contributed by atoms with Crippen molar-refractivity contribution in [1.82, 2.24) is 19.9 Å². The molecular formula is C12H10N6O. The fourth-order valence-electron chi connectivity index (χ4n) is 1.67. The molecule has 2 aromatic heterocycles. The molecule has 0 aliphatic rings. The summed E-state index contributed by atoms with van der Waals surface area (Å²) < 4.78 is 0. The molecule has 2 heterocycles. The molecule has 0 spiro atoms. The largest absolute Gasteiger partial charge is 0.399 e. The van der Waals surface area contributed by atoms with Crippen molar-refractivity contribution in [3.63, 3.8) is 0 Å². The third kappa shape index (κ3) is 2.08. The molecule has 1 aromatic carbocycles. The Bertz CT molecular complexity index is 733. The van der Waals surface area contributed by atoms with Crippen LogP contribution in [0.1, 0.15) is 10.4 Å². The van der Waals surface area contributed by atoms with Crippen molar-refractivity contribution in [3.05, 3.63) is 42.5 Å². The lowest BCUT2D eigenvalue weighted by Gasteiger charge is -2.04. The van der Waals surface area contributed by atoms with E-state index in [0.717, 1.165) is 0 Å². The topological polar surface area (TPSA) is 110 Å². The van der Waals surface area contributed by atoms with Crippen LogP contribution in [0.15, 0.2) is 36.9 Å². The van der Waals surface area contributed by atoms with Gasteiger partial charge in [-0.3, -0.25) is 4.79 Å². The molecular weight excluding hydrogens is 244 g/mol. The van der Waals surface area contributed by atoms with Gasteiger partial charge in [0.1, 0.15) is 11.8 Å². The number of nitrogens with two attached hydrogens (primary N) is 1. The van der Waals surface area contributed by atoms with E-state index >= 15 is 0 Å². The molecule has 0 bridgehead atoms. The number of anilines is 2. The summed E-state index contributed by atoms with van der Waals surface area (Å²) in [5, 5.41) is 2.70. The highest BCUT2D eigenvalue weighted by molar-refractivity contribution is 6.06. The van der Waals surface area contributed by atoms with Crippen molar-refractivity contribution < 1.29 is 4.79 Å². The quantitative estimate of drug-likeness (QED) is 0.595. The molecule has 0 aliphatic heterocycles. The van der Waals surface area contributed by atoms with Crippen LogP contribution in [-0.2, 0) is 0 Å². The molecule has 0 radical (unpaired) electrons. The molecule has 0 saturated heterocycles. The average Bonchev–Trinajstić information content (AvgIpc) is 2.89. The SMILES string of the molecule is Nc1ccc(C(=O)Nc2ncnc3nc[nH]c23)cc1. The number of H-pyrrole nitrogens is 1. The summed E-state index contributed by atoms with van der Waals surface area (Å²) in [5.74, 6) is 0.124. The molecule has 7 heteroatoms. The molecule has 0 unspecified atom stereocenters. The van der Waals surface area contributed by atoms with Gasteiger partial charge < -0.3 is 16.0 Å². The molecule has 7 nitrogen and oxygen atoms in total. The van der Waals surface area contributed by atoms with Crippen LogP contribution >= 0.6 is 0 Å². The van der Waals surface area contributed by atoms with E-state index in [4.69, 9.17) is 5.73 Å². The Labute approximate surface area is 107 Å². The Morgan fingerprint density at radius 2 is 1.95 bits per heavy atom. The van der Waals surface area contributed by atoms with Crippen molar-refractivity contribution >= 4 is 28.6 Å². The lowest BCUT2D eigenvalue weighted by molar-refractivity contribution is 0.102. The maximum atomic E-state index is 12.0. The average molecular weight is 254 g/mol. The molecule has 0 fully saturated rings. The van der Waals surface area contributed by atoms with E-state index in [0.29, 0.717) is 28.2 Å². The van der Waals surface area contributed by atoms with Gasteiger partial charge in [-0.2, -0.15) is 0 Å². The third-order valence-electron chi connectivity index (χ3n) is 2.63. The lowest BCUT2D eigenvalue weighted by atomic mass is 10.2. The number of nitrogens with one attached hydrogen (secondary N) is 2. The van der Waals surface area contributed by atoms with Crippen molar-refractivity contribution in [1.29, 1.82) is 0 Å². The molecule has 0 saturated carbocycles. The molecule has 94 valence electrons. The fraction of sp³-hybridized carbons (Fsp3) is 0. The van der Waals surface area contributed by atoms with Gasteiger partial charge >= 0.3 is 0 Å². The van der Waals surface area contributed by atoms with E-state index in [1.54, 1.807) is 24.3 Å². The number of rotatable bonds is 2. The Morgan fingerprint density at radius 3 is 2.74 bits per heavy atom. The summed E-state index contributed by atoms with van der Waals surface area (Å²) >= 11 is 0. The second-order valence-corrected chi connectivity index (χ2v) is 3.90. The summed E-state index contributed by atoms with van der Waals surface area (Å²) in [4.78, 5) is 26.9. The molecule has 0 aliphatic carbocycles. The number of hydrogen-bond donors (Lipinski definition) is 3. The molecule has 3 aromatic rings. The molecule has 0 atom stereocenters. The number of aromatic nitrogens is 4. The zero-order valence-corrected chi connectivity index (χ0v) is 9.79. The van der Waals surface area contributed by atoms with E-state index in [1.807, 2.05) is 0 Å². The van der Waals surface area contributed by atoms with Crippen LogP contribution in [0, 0.1) is 0 Å². The smallest absolute Gasteiger partial charge is 0.256 e. The summed E-state index contributed by atoms with van der Waals surface area (Å²) in [7, 11) is 0. The van der Waals surface area contributed by atoms with Crippen LogP contribution in [0.4, 0.5) is 11.5 Å². The number of amides is 1. The first kappa shape index (κ1) is 11.1. The van der Waals surface area contributed by atoms with Crippen molar-refractivity contribution in [3.8, 4) is 0 Å². The lowest BCUT2D eigenvalue weighted by Crippen LogP contribution is -2.13. The van der Waals surface area contributed by atoms with Crippen LogP contribution < -0.4 is 11.1 Å². The number of carbonyl (C=O) groups is 1. The Morgan fingerprint density at radius 1 is 1.16 bits per heavy atom. The minimum atomic E-state index is -0.269. The van der Waals surface area contributed by atoms with Gasteiger partial charge in [-0.15, -0.1) is 0 Å². The Balaban J connectivity index is 1.90. The van der Waals surface area contributed by atoms with Gasteiger partial charge in [0.05, 0.1) is 6.33 Å². The van der Waals surface area contributed by atoms with E-state index in [1.165, 1.54) is 12.7 Å². The highest BCUT2D eigenvalue weighted by Gasteiger charge is 2.10. The molecule has 19 heavy (non-hydrogen) atoms. The van der Waals surface area contributed by atoms with Gasteiger partial charge in [-0.25, -0.2) is 15.0 Å². The second kappa shape index (κ2) is 4.37. The minimum absolute atomic E-state index is 0.269. The molecule has 3 rings (SSSR count). The van der Waals surface area contributed by atoms with Crippen molar-refractivity contribution in [2.45, 2.75) is 0 Å². The number of hydrogen-bond acceptors (Lipinski definition) is 5. The first-order valence-electron chi connectivity index (χ1n) is 5.55. The molecule has 1 amide bonds. The number of nitrogen functional groups attached to an aromatic ring is 1. The van der Waals surface area contributed by atoms with Crippen LogP contribution in [-0.4, -0.2) is 25.8 Å². The number of benzene rings is 1. The molecule has 4 N–H and O–H groups in total. The normalized spacial score (nSPS) is 10.5. The van der Waals surface area contributed by atoms with Crippen LogP contribution in [0.2, 0.25) is 0 Å².